The Morgan fingerprint density at radius 2 is 2.20 bits per heavy atom. The summed E-state index contributed by atoms with van der Waals surface area (Å²) >= 11 is 5.92. The molecular weight excluding hydrogens is 284 g/mol. The van der Waals surface area contributed by atoms with Crippen molar-refractivity contribution in [2.45, 2.75) is 19.0 Å². The Hall–Kier alpha value is -1.79. The van der Waals surface area contributed by atoms with Gasteiger partial charge in [0.1, 0.15) is 0 Å². The summed E-state index contributed by atoms with van der Waals surface area (Å²) in [6.45, 7) is 0.209. The van der Waals surface area contributed by atoms with Gasteiger partial charge in [0, 0.05) is 30.2 Å². The van der Waals surface area contributed by atoms with Crippen LogP contribution >= 0.6 is 11.6 Å². The molecule has 0 aromatic heterocycles. The van der Waals surface area contributed by atoms with Gasteiger partial charge in [0.25, 0.3) is 0 Å². The number of likely N-dealkylation sites (tertiary alicyclic amines) is 1. The first-order chi connectivity index (χ1) is 9.43. The Kier molecular flexibility index (Phi) is 4.15. The Morgan fingerprint density at radius 1 is 1.50 bits per heavy atom. The van der Waals surface area contributed by atoms with Gasteiger partial charge in [-0.1, -0.05) is 11.6 Å². The van der Waals surface area contributed by atoms with Gasteiger partial charge in [0.15, 0.2) is 11.5 Å². The van der Waals surface area contributed by atoms with Gasteiger partial charge in [0.2, 0.25) is 11.8 Å². The number of benzene rings is 1. The SMILES string of the molecule is COc1cc(Cl)cc(CNC2CC(=O)N(C)C2=O)c1O. The number of aromatic hydroxyl groups is 1. The first kappa shape index (κ1) is 14.6. The van der Waals surface area contributed by atoms with Gasteiger partial charge in [-0.2, -0.15) is 0 Å². The number of hydrogen-bond donors (Lipinski definition) is 2. The number of rotatable bonds is 4. The fraction of sp³-hybridized carbons (Fsp3) is 0.385. The number of halogens is 1. The number of imide groups is 1. The van der Waals surface area contributed by atoms with Gasteiger partial charge >= 0.3 is 0 Å². The number of amides is 2. The van der Waals surface area contributed by atoms with Gasteiger partial charge in [0.05, 0.1) is 19.6 Å². The molecule has 0 bridgehead atoms. The van der Waals surface area contributed by atoms with Gasteiger partial charge < -0.3 is 15.2 Å². The second-order valence-corrected chi connectivity index (χ2v) is 4.98. The van der Waals surface area contributed by atoms with Crippen LogP contribution < -0.4 is 10.1 Å². The number of ether oxygens (including phenoxy) is 1. The summed E-state index contributed by atoms with van der Waals surface area (Å²) in [5, 5.41) is 13.3. The second-order valence-electron chi connectivity index (χ2n) is 4.54. The zero-order chi connectivity index (χ0) is 14.9. The maximum absolute atomic E-state index is 11.7. The zero-order valence-corrected chi connectivity index (χ0v) is 11.9. The summed E-state index contributed by atoms with van der Waals surface area (Å²) in [7, 11) is 2.88. The molecule has 2 N–H and O–H groups in total. The van der Waals surface area contributed by atoms with Crippen LogP contribution in [0.4, 0.5) is 0 Å². The van der Waals surface area contributed by atoms with Crippen molar-refractivity contribution in [3.8, 4) is 11.5 Å². The lowest BCUT2D eigenvalue weighted by molar-refractivity contribution is -0.137. The van der Waals surface area contributed by atoms with Gasteiger partial charge in [-0.3, -0.25) is 14.5 Å². The van der Waals surface area contributed by atoms with Crippen molar-refractivity contribution in [2.24, 2.45) is 0 Å². The van der Waals surface area contributed by atoms with Gasteiger partial charge in [-0.15, -0.1) is 0 Å². The second kappa shape index (κ2) is 5.68. The van der Waals surface area contributed by atoms with Crippen LogP contribution in [0.15, 0.2) is 12.1 Å². The highest BCUT2D eigenvalue weighted by molar-refractivity contribution is 6.30. The number of carbonyl (C=O) groups excluding carboxylic acids is 2. The van der Waals surface area contributed by atoms with Crippen LogP contribution in [0.25, 0.3) is 0 Å². The van der Waals surface area contributed by atoms with Crippen LogP contribution in [0.3, 0.4) is 0 Å². The topological polar surface area (TPSA) is 78.9 Å². The number of nitrogens with one attached hydrogen (secondary N) is 1. The predicted molar refractivity (Wildman–Crippen MR) is 72.7 cm³/mol. The smallest absolute Gasteiger partial charge is 0.246 e. The summed E-state index contributed by atoms with van der Waals surface area (Å²) in [4.78, 5) is 24.2. The molecular formula is C13H15ClN2O4. The third-order valence-corrected chi connectivity index (χ3v) is 3.48. The molecule has 1 aliphatic rings. The third kappa shape index (κ3) is 2.71. The number of phenols is 1. The van der Waals surface area contributed by atoms with E-state index in [0.29, 0.717) is 10.6 Å². The molecule has 6 nitrogen and oxygen atoms in total. The number of methoxy groups -OCH3 is 1. The van der Waals surface area contributed by atoms with E-state index >= 15 is 0 Å². The zero-order valence-electron chi connectivity index (χ0n) is 11.1. The minimum atomic E-state index is -0.572. The summed E-state index contributed by atoms with van der Waals surface area (Å²) in [6, 6.07) is 2.51. The van der Waals surface area contributed by atoms with Crippen molar-refractivity contribution in [3.63, 3.8) is 0 Å². The van der Waals surface area contributed by atoms with Gasteiger partial charge in [-0.05, 0) is 6.07 Å². The molecule has 20 heavy (non-hydrogen) atoms. The lowest BCUT2D eigenvalue weighted by Gasteiger charge is -2.13. The molecule has 7 heteroatoms. The predicted octanol–water partition coefficient (Wildman–Crippen LogP) is 0.901. The van der Waals surface area contributed by atoms with Crippen LogP contribution in [0.5, 0.6) is 11.5 Å². The third-order valence-electron chi connectivity index (χ3n) is 3.26. The summed E-state index contributed by atoms with van der Waals surface area (Å²) in [5.74, 6) is -0.265. The lowest BCUT2D eigenvalue weighted by Crippen LogP contribution is -2.36. The number of hydrogen-bond acceptors (Lipinski definition) is 5. The highest BCUT2D eigenvalue weighted by Crippen LogP contribution is 2.33. The lowest BCUT2D eigenvalue weighted by atomic mass is 10.1. The molecule has 1 atom stereocenters. The molecule has 1 fully saturated rings. The molecule has 0 aliphatic carbocycles. The first-order valence-corrected chi connectivity index (χ1v) is 6.41. The summed E-state index contributed by atoms with van der Waals surface area (Å²) in [6.07, 6.45) is 0.119. The fourth-order valence-corrected chi connectivity index (χ4v) is 2.30. The van der Waals surface area contributed by atoms with Crippen molar-refractivity contribution in [1.82, 2.24) is 10.2 Å². The molecule has 1 aromatic carbocycles. The highest BCUT2D eigenvalue weighted by atomic mass is 35.5. The summed E-state index contributed by atoms with van der Waals surface area (Å²) in [5.41, 5.74) is 0.504. The van der Waals surface area contributed by atoms with E-state index in [9.17, 15) is 14.7 Å². The van der Waals surface area contributed by atoms with E-state index in [1.807, 2.05) is 0 Å². The molecule has 2 amide bonds. The average molecular weight is 299 g/mol. The standard InChI is InChI=1S/C13H15ClN2O4/c1-16-11(17)5-9(13(16)19)15-6-7-3-8(14)4-10(20-2)12(7)18/h3-4,9,15,18H,5-6H2,1-2H3. The van der Waals surface area contributed by atoms with E-state index in [4.69, 9.17) is 16.3 Å². The van der Waals surface area contributed by atoms with E-state index in [0.717, 1.165) is 4.90 Å². The number of likely N-dealkylation sites (N-methyl/N-ethyl adjacent to an activating group) is 1. The monoisotopic (exact) mass is 298 g/mol. The number of carbonyl (C=O) groups is 2. The number of phenolic OH excluding ortho intramolecular Hbond substituents is 1. The van der Waals surface area contributed by atoms with Crippen LogP contribution in [0.2, 0.25) is 5.02 Å². The molecule has 1 unspecified atom stereocenters. The van der Waals surface area contributed by atoms with Crippen molar-refractivity contribution in [3.05, 3.63) is 22.7 Å². The molecule has 0 saturated carbocycles. The Labute approximate surface area is 121 Å². The summed E-state index contributed by atoms with van der Waals surface area (Å²) < 4.78 is 5.00. The van der Waals surface area contributed by atoms with Crippen LogP contribution in [-0.2, 0) is 16.1 Å². The Morgan fingerprint density at radius 3 is 2.75 bits per heavy atom. The normalized spacial score (nSPS) is 18.8. The minimum Gasteiger partial charge on any atom is -0.504 e. The Bertz CT molecular complexity index is 562. The van der Waals surface area contributed by atoms with Crippen molar-refractivity contribution in [1.29, 1.82) is 0 Å². The Balaban J connectivity index is 2.10. The van der Waals surface area contributed by atoms with Crippen LogP contribution in [0, 0.1) is 0 Å². The van der Waals surface area contributed by atoms with E-state index < -0.39 is 6.04 Å². The van der Waals surface area contributed by atoms with E-state index in [2.05, 4.69) is 5.32 Å². The van der Waals surface area contributed by atoms with E-state index in [1.165, 1.54) is 20.2 Å². The maximum Gasteiger partial charge on any atom is 0.246 e. The largest absolute Gasteiger partial charge is 0.504 e. The molecule has 108 valence electrons. The number of nitrogens with zero attached hydrogens (tertiary/aromatic N) is 1. The minimum absolute atomic E-state index is 0.0328. The first-order valence-electron chi connectivity index (χ1n) is 6.03. The molecule has 1 aliphatic heterocycles. The fourth-order valence-electron chi connectivity index (χ4n) is 2.07. The van der Waals surface area contributed by atoms with Gasteiger partial charge in [-0.25, -0.2) is 0 Å². The molecule has 1 heterocycles. The van der Waals surface area contributed by atoms with Crippen LogP contribution in [-0.4, -0.2) is 42.0 Å². The molecule has 1 aromatic rings. The molecule has 1 saturated heterocycles. The molecule has 0 radical (unpaired) electrons. The van der Waals surface area contributed by atoms with Crippen molar-refractivity contribution in [2.75, 3.05) is 14.2 Å². The average Bonchev–Trinajstić information content (AvgIpc) is 2.66. The highest BCUT2D eigenvalue weighted by Gasteiger charge is 2.35. The quantitative estimate of drug-likeness (QED) is 0.808. The van der Waals surface area contributed by atoms with E-state index in [-0.39, 0.29) is 36.3 Å². The van der Waals surface area contributed by atoms with Crippen LogP contribution in [0.1, 0.15) is 12.0 Å². The van der Waals surface area contributed by atoms with Crippen molar-refractivity contribution < 1.29 is 19.4 Å². The van der Waals surface area contributed by atoms with E-state index in [1.54, 1.807) is 6.07 Å². The van der Waals surface area contributed by atoms with Crippen molar-refractivity contribution >= 4 is 23.4 Å². The maximum atomic E-state index is 11.7. The molecule has 0 spiro atoms. The molecule has 2 rings (SSSR count).